The van der Waals surface area contributed by atoms with Gasteiger partial charge in [-0.25, -0.2) is 8.42 Å². The van der Waals surface area contributed by atoms with Crippen LogP contribution >= 0.6 is 0 Å². The number of oxime groups is 1. The zero-order valence-corrected chi connectivity index (χ0v) is 18.8. The molecule has 0 aromatic heterocycles. The van der Waals surface area contributed by atoms with Crippen LogP contribution in [0.1, 0.15) is 24.0 Å². The Morgan fingerprint density at radius 2 is 1.88 bits per heavy atom. The number of nitrogens with one attached hydrogen (secondary N) is 1. The zero-order valence-electron chi connectivity index (χ0n) is 18.0. The number of piperidine rings is 1. The molecule has 34 heavy (non-hydrogen) atoms. The van der Waals surface area contributed by atoms with Gasteiger partial charge in [-0.3, -0.25) is 4.79 Å². The second kappa shape index (κ2) is 9.63. The van der Waals surface area contributed by atoms with Crippen molar-refractivity contribution in [2.24, 2.45) is 5.16 Å². The van der Waals surface area contributed by atoms with Crippen LogP contribution in [0.2, 0.25) is 0 Å². The third kappa shape index (κ3) is 5.50. The Hall–Kier alpha value is -3.12. The number of alkyl halides is 3. The van der Waals surface area contributed by atoms with Gasteiger partial charge in [-0.15, -0.1) is 0 Å². The molecule has 0 saturated carbocycles. The molecular weight excluding hydrogens is 475 g/mol. The van der Waals surface area contributed by atoms with Crippen LogP contribution in [0.4, 0.5) is 18.9 Å². The molecule has 0 radical (unpaired) electrons. The van der Waals surface area contributed by atoms with Crippen LogP contribution in [0.5, 0.6) is 5.75 Å². The summed E-state index contributed by atoms with van der Waals surface area (Å²) >= 11 is 0. The van der Waals surface area contributed by atoms with Gasteiger partial charge in [0.2, 0.25) is 10.0 Å². The summed E-state index contributed by atoms with van der Waals surface area (Å²) in [5.41, 5.74) is 1.19. The van der Waals surface area contributed by atoms with E-state index in [-0.39, 0.29) is 32.5 Å². The number of carbonyl (C=O) groups excluding carboxylic acids is 1. The van der Waals surface area contributed by atoms with Gasteiger partial charge in [0.1, 0.15) is 5.75 Å². The highest BCUT2D eigenvalue weighted by Crippen LogP contribution is 2.31. The van der Waals surface area contributed by atoms with Gasteiger partial charge in [0, 0.05) is 38.0 Å². The number of anilines is 1. The number of hydrogen-bond donors (Lipinski definition) is 1. The van der Waals surface area contributed by atoms with Gasteiger partial charge in [0.15, 0.2) is 6.61 Å². The van der Waals surface area contributed by atoms with Crippen LogP contribution in [0.3, 0.4) is 0 Å². The first-order valence-electron chi connectivity index (χ1n) is 10.5. The van der Waals surface area contributed by atoms with Gasteiger partial charge in [0.25, 0.3) is 5.91 Å². The lowest BCUT2D eigenvalue weighted by atomic mass is 10.1. The van der Waals surface area contributed by atoms with Crippen molar-refractivity contribution in [3.05, 3.63) is 53.6 Å². The van der Waals surface area contributed by atoms with E-state index in [1.807, 2.05) is 6.07 Å². The molecule has 8 nitrogen and oxygen atoms in total. The molecule has 0 aliphatic carbocycles. The molecule has 12 heteroatoms. The summed E-state index contributed by atoms with van der Waals surface area (Å²) < 4.78 is 70.8. The topological polar surface area (TPSA) is 97.3 Å². The maximum absolute atomic E-state index is 12.9. The number of amides is 1. The monoisotopic (exact) mass is 497 g/mol. The van der Waals surface area contributed by atoms with E-state index >= 15 is 0 Å². The number of carbonyl (C=O) groups is 1. The van der Waals surface area contributed by atoms with Gasteiger partial charge < -0.3 is 14.9 Å². The van der Waals surface area contributed by atoms with Gasteiger partial charge in [-0.2, -0.15) is 17.5 Å². The fourth-order valence-corrected chi connectivity index (χ4v) is 5.19. The number of benzene rings is 2. The van der Waals surface area contributed by atoms with Crippen molar-refractivity contribution >= 4 is 27.3 Å². The number of hydrogen-bond acceptors (Lipinski definition) is 6. The summed E-state index contributed by atoms with van der Waals surface area (Å²) in [6.07, 6.45) is -3.37. The van der Waals surface area contributed by atoms with Crippen molar-refractivity contribution in [3.63, 3.8) is 0 Å². The smallest absolute Gasteiger partial charge is 0.416 e. The van der Waals surface area contributed by atoms with Gasteiger partial charge in [-0.05, 0) is 42.0 Å². The zero-order chi connectivity index (χ0) is 24.3. The van der Waals surface area contributed by atoms with Gasteiger partial charge in [-0.1, -0.05) is 11.2 Å². The van der Waals surface area contributed by atoms with Crippen molar-refractivity contribution in [2.75, 3.05) is 31.6 Å². The summed E-state index contributed by atoms with van der Waals surface area (Å²) in [4.78, 5) is 16.8. The molecule has 1 fully saturated rings. The molecular formula is C22H22F3N3O5S. The Labute approximate surface area is 194 Å². The van der Waals surface area contributed by atoms with E-state index in [9.17, 15) is 26.4 Å². The summed E-state index contributed by atoms with van der Waals surface area (Å²) in [7, 11) is -4.08. The minimum absolute atomic E-state index is 0.0458. The minimum Gasteiger partial charge on any atom is -0.493 e. The Morgan fingerprint density at radius 3 is 2.62 bits per heavy atom. The molecule has 1 N–H and O–H groups in total. The standard InChI is InChI=1S/C22H22F3N3O5S/c23-22(24,25)16-2-1-3-19(13-16)34(30,31)28-9-6-17(7-10-28)27-33-14-21(29)26-18-4-5-20-15(12-18)8-11-32-20/h1-5,12-13H,6-11,14H2,(H,26,29). The maximum Gasteiger partial charge on any atom is 0.416 e. The van der Waals surface area contributed by atoms with E-state index < -0.39 is 32.6 Å². The largest absolute Gasteiger partial charge is 0.493 e. The second-order valence-electron chi connectivity index (χ2n) is 7.83. The highest BCUT2D eigenvalue weighted by Gasteiger charge is 2.33. The van der Waals surface area contributed by atoms with Gasteiger partial charge in [0.05, 0.1) is 22.8 Å². The van der Waals surface area contributed by atoms with Crippen LogP contribution in [-0.4, -0.2) is 50.6 Å². The summed E-state index contributed by atoms with van der Waals surface area (Å²) in [5.74, 6) is 0.412. The van der Waals surface area contributed by atoms with Crippen molar-refractivity contribution in [2.45, 2.75) is 30.3 Å². The lowest BCUT2D eigenvalue weighted by Crippen LogP contribution is -2.38. The summed E-state index contributed by atoms with van der Waals surface area (Å²) in [5, 5.41) is 6.64. The van der Waals surface area contributed by atoms with E-state index in [2.05, 4.69) is 10.5 Å². The predicted octanol–water partition coefficient (Wildman–Crippen LogP) is 3.44. The molecule has 1 saturated heterocycles. The third-order valence-corrected chi connectivity index (χ3v) is 7.36. The van der Waals surface area contributed by atoms with Crippen LogP contribution in [0.25, 0.3) is 0 Å². The molecule has 2 aliphatic heterocycles. The van der Waals surface area contributed by atoms with Crippen molar-refractivity contribution in [1.29, 1.82) is 0 Å². The Kier molecular flexibility index (Phi) is 6.80. The number of ether oxygens (including phenoxy) is 1. The molecule has 2 aromatic carbocycles. The average Bonchev–Trinajstić information content (AvgIpc) is 3.27. The quantitative estimate of drug-likeness (QED) is 0.617. The molecule has 4 rings (SSSR count). The second-order valence-corrected chi connectivity index (χ2v) is 9.77. The minimum atomic E-state index is -4.63. The van der Waals surface area contributed by atoms with Crippen LogP contribution in [-0.2, 0) is 32.3 Å². The van der Waals surface area contributed by atoms with E-state index in [1.54, 1.807) is 12.1 Å². The fraction of sp³-hybridized carbons (Fsp3) is 0.364. The van der Waals surface area contributed by atoms with Crippen molar-refractivity contribution < 1.29 is 36.0 Å². The normalized spacial score (nSPS) is 16.5. The van der Waals surface area contributed by atoms with Crippen LogP contribution < -0.4 is 10.1 Å². The SMILES string of the molecule is O=C(CON=C1CCN(S(=O)(=O)c2cccc(C(F)(F)F)c2)CC1)Nc1ccc2c(c1)CCO2. The first-order chi connectivity index (χ1) is 16.1. The number of sulfonamides is 1. The predicted molar refractivity (Wildman–Crippen MR) is 117 cm³/mol. The first-order valence-corrected chi connectivity index (χ1v) is 12.0. The van der Waals surface area contributed by atoms with Crippen molar-refractivity contribution in [3.8, 4) is 5.75 Å². The molecule has 182 valence electrons. The summed E-state index contributed by atoms with van der Waals surface area (Å²) in [6, 6.07) is 9.04. The lowest BCUT2D eigenvalue weighted by molar-refractivity contribution is -0.137. The first kappa shape index (κ1) is 24.0. The Morgan fingerprint density at radius 1 is 1.12 bits per heavy atom. The number of nitrogens with zero attached hydrogens (tertiary/aromatic N) is 2. The molecule has 2 heterocycles. The third-order valence-electron chi connectivity index (χ3n) is 5.46. The maximum atomic E-state index is 12.9. The molecule has 0 spiro atoms. The highest BCUT2D eigenvalue weighted by molar-refractivity contribution is 7.89. The summed E-state index contributed by atoms with van der Waals surface area (Å²) in [6.45, 7) is 0.393. The van der Waals surface area contributed by atoms with E-state index in [0.29, 0.717) is 24.1 Å². The Balaban J connectivity index is 1.28. The highest BCUT2D eigenvalue weighted by atomic mass is 32.2. The molecule has 1 amide bonds. The van der Waals surface area contributed by atoms with Crippen molar-refractivity contribution in [1.82, 2.24) is 4.31 Å². The Bertz CT molecular complexity index is 1200. The average molecular weight is 497 g/mol. The van der Waals surface area contributed by atoms with E-state index in [4.69, 9.17) is 9.57 Å². The molecule has 0 bridgehead atoms. The van der Waals surface area contributed by atoms with Crippen LogP contribution in [0.15, 0.2) is 52.5 Å². The van der Waals surface area contributed by atoms with E-state index in [1.165, 1.54) is 0 Å². The number of fused-ring (bicyclic) bond motifs is 1. The number of rotatable bonds is 6. The fourth-order valence-electron chi connectivity index (χ4n) is 3.70. The van der Waals surface area contributed by atoms with E-state index in [0.717, 1.165) is 40.2 Å². The molecule has 0 unspecified atom stereocenters. The van der Waals surface area contributed by atoms with Crippen LogP contribution in [0, 0.1) is 0 Å². The lowest BCUT2D eigenvalue weighted by Gasteiger charge is -2.26. The number of halogens is 3. The molecule has 0 atom stereocenters. The van der Waals surface area contributed by atoms with Gasteiger partial charge >= 0.3 is 6.18 Å². The molecule has 2 aromatic rings. The molecule has 2 aliphatic rings.